The Morgan fingerprint density at radius 3 is 2.40 bits per heavy atom. The molecule has 0 aromatic heterocycles. The number of hydrogen-bond acceptors (Lipinski definition) is 5. The van der Waals surface area contributed by atoms with E-state index in [4.69, 9.17) is 16.3 Å². The Morgan fingerprint density at radius 1 is 1.15 bits per heavy atom. The molecule has 0 fully saturated rings. The lowest BCUT2D eigenvalue weighted by atomic mass is 10.1. The summed E-state index contributed by atoms with van der Waals surface area (Å²) in [4.78, 5) is 39.9. The number of amides is 3. The Labute approximate surface area is 235 Å². The van der Waals surface area contributed by atoms with E-state index in [0.717, 1.165) is 17.0 Å². The number of fused-ring (bicyclic) bond motifs is 1. The second-order valence-electron chi connectivity index (χ2n) is 10.0. The van der Waals surface area contributed by atoms with Crippen LogP contribution in [0.1, 0.15) is 49.5 Å². The fourth-order valence-corrected chi connectivity index (χ4v) is 5.28. The number of halogens is 5. The van der Waals surface area contributed by atoms with Gasteiger partial charge in [0.05, 0.1) is 39.2 Å². The van der Waals surface area contributed by atoms with Gasteiger partial charge in [-0.05, 0) is 57.0 Å². The zero-order valence-electron chi connectivity index (χ0n) is 21.9. The van der Waals surface area contributed by atoms with E-state index < -0.39 is 76.5 Å². The summed E-state index contributed by atoms with van der Waals surface area (Å²) in [6.07, 6.45) is -6.87. The zero-order chi connectivity index (χ0) is 29.8. The summed E-state index contributed by atoms with van der Waals surface area (Å²) in [5, 5.41) is 5.09. The topological polar surface area (TPSA) is 105 Å². The average Bonchev–Trinajstić information content (AvgIpc) is 2.91. The maximum absolute atomic E-state index is 15.0. The predicted molar refractivity (Wildman–Crippen MR) is 141 cm³/mol. The molecule has 2 aromatic rings. The molecule has 0 saturated carbocycles. The lowest BCUT2D eigenvalue weighted by Gasteiger charge is -2.27. The van der Waals surface area contributed by atoms with Crippen molar-refractivity contribution >= 4 is 46.0 Å². The predicted octanol–water partition coefficient (Wildman–Crippen LogP) is 5.10. The van der Waals surface area contributed by atoms with Crippen molar-refractivity contribution in [2.24, 2.45) is 0 Å². The summed E-state index contributed by atoms with van der Waals surface area (Å²) in [5.41, 5.74) is -0.896. The smallest absolute Gasteiger partial charge is 0.408 e. The second-order valence-corrected chi connectivity index (χ2v) is 11.9. The van der Waals surface area contributed by atoms with Crippen LogP contribution in [-0.2, 0) is 26.9 Å². The summed E-state index contributed by atoms with van der Waals surface area (Å²) in [5.74, 6) is -3.17. The van der Waals surface area contributed by atoms with Gasteiger partial charge in [-0.1, -0.05) is 23.7 Å². The van der Waals surface area contributed by atoms with E-state index in [0.29, 0.717) is 10.6 Å². The highest BCUT2D eigenvalue weighted by atomic mass is 35.5. The minimum absolute atomic E-state index is 0.0476. The lowest BCUT2D eigenvalue weighted by molar-refractivity contribution is -0.135. The average molecular weight is 606 g/mol. The van der Waals surface area contributed by atoms with Gasteiger partial charge in [-0.2, -0.15) is 13.2 Å². The molecule has 8 nitrogen and oxygen atoms in total. The molecular formula is C26H28ClF4N3O5S. The largest absolute Gasteiger partial charge is 0.444 e. The van der Waals surface area contributed by atoms with E-state index in [1.54, 1.807) is 45.0 Å². The van der Waals surface area contributed by atoms with Crippen molar-refractivity contribution in [1.29, 1.82) is 0 Å². The van der Waals surface area contributed by atoms with Crippen LogP contribution in [-0.4, -0.2) is 52.2 Å². The Bertz CT molecular complexity index is 1300. The number of carbonyl (C=O) groups excluding carboxylic acids is 3. The monoisotopic (exact) mass is 605 g/mol. The number of rotatable bonds is 7. The Hall–Kier alpha value is -3.19. The van der Waals surface area contributed by atoms with E-state index >= 15 is 4.39 Å². The van der Waals surface area contributed by atoms with Crippen LogP contribution >= 0.6 is 11.6 Å². The first-order chi connectivity index (χ1) is 18.5. The number of ether oxygens (including phenoxy) is 1. The first-order valence-corrected chi connectivity index (χ1v) is 13.9. The van der Waals surface area contributed by atoms with Crippen molar-refractivity contribution < 1.29 is 40.9 Å². The number of benzene rings is 2. The minimum Gasteiger partial charge on any atom is -0.444 e. The molecule has 14 heteroatoms. The van der Waals surface area contributed by atoms with Crippen LogP contribution < -0.4 is 15.5 Å². The highest BCUT2D eigenvalue weighted by Gasteiger charge is 2.37. The minimum atomic E-state index is -4.41. The van der Waals surface area contributed by atoms with Gasteiger partial charge in [0.25, 0.3) is 11.8 Å². The molecule has 2 N–H and O–H groups in total. The molecule has 0 aliphatic carbocycles. The van der Waals surface area contributed by atoms with Crippen molar-refractivity contribution in [1.82, 2.24) is 10.6 Å². The lowest BCUT2D eigenvalue weighted by Crippen LogP contribution is -2.51. The van der Waals surface area contributed by atoms with Gasteiger partial charge in [0.15, 0.2) is 0 Å². The van der Waals surface area contributed by atoms with Gasteiger partial charge in [-0.15, -0.1) is 0 Å². The summed E-state index contributed by atoms with van der Waals surface area (Å²) in [7, 11) is -2.00. The van der Waals surface area contributed by atoms with E-state index in [1.807, 2.05) is 0 Å². The number of alkyl carbamates (subject to hydrolysis) is 1. The molecule has 218 valence electrons. The molecule has 40 heavy (non-hydrogen) atoms. The highest BCUT2D eigenvalue weighted by molar-refractivity contribution is 7.85. The SMILES string of the molecule is CC(C)(C)OC(=O)N[C@H]1C[S@@](=O)c2cc(F)c(C(=O)NCCCC(F)(F)F)cc2N(Cc2ccc(Cl)cc2)C1=O. The van der Waals surface area contributed by atoms with Crippen LogP contribution in [0, 0.1) is 5.82 Å². The Morgan fingerprint density at radius 2 is 1.80 bits per heavy atom. The van der Waals surface area contributed by atoms with E-state index in [9.17, 15) is 31.8 Å². The Balaban J connectivity index is 1.98. The molecule has 0 radical (unpaired) electrons. The van der Waals surface area contributed by atoms with Crippen LogP contribution in [0.2, 0.25) is 5.02 Å². The number of nitrogens with zero attached hydrogens (tertiary/aromatic N) is 1. The first-order valence-electron chi connectivity index (χ1n) is 12.2. The summed E-state index contributed by atoms with van der Waals surface area (Å²) < 4.78 is 70.8. The third-order valence-corrected chi connectivity index (χ3v) is 7.28. The van der Waals surface area contributed by atoms with Crippen molar-refractivity contribution in [3.63, 3.8) is 0 Å². The standard InChI is InChI=1S/C26H28ClF4N3O5S/c1-25(2,3)39-24(37)33-19-14-40(38)21-12-18(28)17(22(35)32-10-4-9-26(29,30)31)11-20(21)34(23(19)36)13-15-5-7-16(27)8-6-15/h5-8,11-12,19H,4,9-10,13-14H2,1-3H3,(H,32,35)(H,33,37)/t19-,40+/m0/s1. The van der Waals surface area contributed by atoms with Gasteiger partial charge in [0, 0.05) is 18.0 Å². The molecule has 0 saturated heterocycles. The highest BCUT2D eigenvalue weighted by Crippen LogP contribution is 2.33. The fourth-order valence-electron chi connectivity index (χ4n) is 3.80. The third-order valence-electron chi connectivity index (χ3n) is 5.58. The maximum Gasteiger partial charge on any atom is 0.408 e. The molecule has 3 amide bonds. The normalized spacial score (nSPS) is 17.6. The van der Waals surface area contributed by atoms with Gasteiger partial charge in [0.1, 0.15) is 17.5 Å². The third kappa shape index (κ3) is 8.65. The van der Waals surface area contributed by atoms with Crippen molar-refractivity contribution in [2.75, 3.05) is 17.2 Å². The first kappa shape index (κ1) is 31.3. The van der Waals surface area contributed by atoms with E-state index in [2.05, 4.69) is 10.6 Å². The van der Waals surface area contributed by atoms with Crippen LogP contribution in [0.4, 0.5) is 28.0 Å². The number of carbonyl (C=O) groups is 3. The number of alkyl halides is 3. The summed E-state index contributed by atoms with van der Waals surface area (Å²) >= 11 is 5.96. The van der Waals surface area contributed by atoms with Crippen LogP contribution in [0.5, 0.6) is 0 Å². The molecule has 1 aliphatic rings. The van der Waals surface area contributed by atoms with Crippen molar-refractivity contribution in [3.05, 3.63) is 58.4 Å². The van der Waals surface area contributed by atoms with Crippen LogP contribution in [0.3, 0.4) is 0 Å². The second kappa shape index (κ2) is 12.5. The van der Waals surface area contributed by atoms with Crippen LogP contribution in [0.25, 0.3) is 0 Å². The maximum atomic E-state index is 15.0. The van der Waals surface area contributed by atoms with Gasteiger partial charge < -0.3 is 20.3 Å². The van der Waals surface area contributed by atoms with E-state index in [-0.39, 0.29) is 23.7 Å². The van der Waals surface area contributed by atoms with Crippen molar-refractivity contribution in [3.8, 4) is 0 Å². The number of hydrogen-bond donors (Lipinski definition) is 2. The van der Waals surface area contributed by atoms with Crippen molar-refractivity contribution in [2.45, 2.75) is 62.9 Å². The van der Waals surface area contributed by atoms with Gasteiger partial charge >= 0.3 is 12.3 Å². The molecule has 0 spiro atoms. The molecule has 0 unspecified atom stereocenters. The quantitative estimate of drug-likeness (QED) is 0.338. The summed E-state index contributed by atoms with van der Waals surface area (Å²) in [6.45, 7) is 4.39. The molecular weight excluding hydrogens is 578 g/mol. The number of nitrogens with one attached hydrogen (secondary N) is 2. The molecule has 2 atom stereocenters. The van der Waals surface area contributed by atoms with Crippen LogP contribution in [0.15, 0.2) is 41.3 Å². The van der Waals surface area contributed by atoms with E-state index in [1.165, 1.54) is 0 Å². The molecule has 1 heterocycles. The molecule has 0 bridgehead atoms. The molecule has 2 aromatic carbocycles. The summed E-state index contributed by atoms with van der Waals surface area (Å²) in [6, 6.07) is 6.99. The number of anilines is 1. The fraction of sp³-hybridized carbons (Fsp3) is 0.423. The van der Waals surface area contributed by atoms with Gasteiger partial charge in [-0.3, -0.25) is 13.8 Å². The molecule has 3 rings (SSSR count). The Kier molecular flexibility index (Phi) is 9.83. The van der Waals surface area contributed by atoms with Gasteiger partial charge in [0.2, 0.25) is 0 Å². The van der Waals surface area contributed by atoms with Gasteiger partial charge in [-0.25, -0.2) is 9.18 Å². The zero-order valence-corrected chi connectivity index (χ0v) is 23.4. The molecule has 1 aliphatic heterocycles.